The molecule has 8 nitrogen and oxygen atoms in total. The fraction of sp³-hybridized carbons (Fsp3) is 0.129. The topological polar surface area (TPSA) is 123 Å². The number of aromatic nitrogens is 3. The molecule has 11 heteroatoms. The highest BCUT2D eigenvalue weighted by atomic mass is 19.1. The van der Waals surface area contributed by atoms with Crippen molar-refractivity contribution in [1.82, 2.24) is 14.5 Å². The summed E-state index contributed by atoms with van der Waals surface area (Å²) in [5, 5.41) is 0. The Morgan fingerprint density at radius 3 is 2.40 bits per heavy atom. The lowest BCUT2D eigenvalue weighted by Gasteiger charge is -2.13. The Kier molecular flexibility index (Phi) is 7.58. The maximum Gasteiger partial charge on any atom is 0.326 e. The minimum absolute atomic E-state index is 0.0328. The Bertz CT molecular complexity index is 1960. The molecule has 42 heavy (non-hydrogen) atoms. The molecular weight excluding hydrogens is 547 g/mol. The second-order valence-corrected chi connectivity index (χ2v) is 9.84. The van der Waals surface area contributed by atoms with E-state index in [4.69, 9.17) is 5.73 Å². The first-order valence-corrected chi connectivity index (χ1v) is 12.8. The number of imidazole rings is 1. The number of hydrogen-bond donors (Lipinski definition) is 2. The van der Waals surface area contributed by atoms with Crippen LogP contribution in [0.2, 0.25) is 0 Å². The van der Waals surface area contributed by atoms with E-state index in [-0.39, 0.29) is 29.0 Å². The van der Waals surface area contributed by atoms with Crippen LogP contribution in [0, 0.1) is 31.3 Å². The Morgan fingerprint density at radius 2 is 1.69 bits per heavy atom. The highest BCUT2D eigenvalue weighted by Gasteiger charge is 2.19. The van der Waals surface area contributed by atoms with Crippen LogP contribution in [0.4, 0.5) is 13.2 Å². The number of fused-ring (bicyclic) bond motifs is 1. The summed E-state index contributed by atoms with van der Waals surface area (Å²) in [4.78, 5) is 49.2. The van der Waals surface area contributed by atoms with Crippen LogP contribution in [-0.4, -0.2) is 32.1 Å². The molecule has 2 aromatic heterocycles. The largest absolute Gasteiger partial charge is 0.366 e. The summed E-state index contributed by atoms with van der Waals surface area (Å²) in [6.07, 6.45) is 1.22. The molecular formula is C31H24F3N5O3. The number of benzene rings is 3. The van der Waals surface area contributed by atoms with Gasteiger partial charge in [-0.05, 0) is 78.6 Å². The zero-order chi connectivity index (χ0) is 30.1. The lowest BCUT2D eigenvalue weighted by molar-refractivity contribution is -0.118. The molecule has 3 N–H and O–H groups in total. The van der Waals surface area contributed by atoms with Crippen LogP contribution in [0.1, 0.15) is 32.7 Å². The molecule has 0 saturated carbocycles. The average Bonchev–Trinajstić information content (AvgIpc) is 3.21. The number of primary amides is 1. The van der Waals surface area contributed by atoms with Crippen molar-refractivity contribution in [3.05, 3.63) is 123 Å². The first kappa shape index (κ1) is 28.2. The summed E-state index contributed by atoms with van der Waals surface area (Å²) in [7, 11) is 0. The van der Waals surface area contributed by atoms with Crippen LogP contribution in [0.25, 0.3) is 22.2 Å². The molecule has 0 spiro atoms. The first-order valence-electron chi connectivity index (χ1n) is 12.8. The molecule has 0 unspecified atom stereocenters. The molecule has 0 radical (unpaired) electrons. The monoisotopic (exact) mass is 571 g/mol. The van der Waals surface area contributed by atoms with Gasteiger partial charge in [0.15, 0.2) is 0 Å². The number of aryl methyl sites for hydroxylation is 2. The molecule has 212 valence electrons. The molecule has 2 amide bonds. The Morgan fingerprint density at radius 1 is 0.976 bits per heavy atom. The Labute approximate surface area is 237 Å². The lowest BCUT2D eigenvalue weighted by atomic mass is 9.96. The maximum absolute atomic E-state index is 14.2. The van der Waals surface area contributed by atoms with Crippen molar-refractivity contribution >= 4 is 28.6 Å². The normalized spacial score (nSPS) is 11.7. The number of pyridine rings is 1. The number of aliphatic imine (C=N–C) groups is 1. The summed E-state index contributed by atoms with van der Waals surface area (Å²) in [5.74, 6) is -4.16. The lowest BCUT2D eigenvalue weighted by Crippen LogP contribution is -2.22. The molecule has 0 saturated heterocycles. The molecule has 0 atom stereocenters. The van der Waals surface area contributed by atoms with Gasteiger partial charge in [0.1, 0.15) is 24.0 Å². The molecule has 0 aliphatic rings. The van der Waals surface area contributed by atoms with Crippen molar-refractivity contribution in [2.45, 2.75) is 26.8 Å². The van der Waals surface area contributed by atoms with Gasteiger partial charge in [0.05, 0.1) is 28.0 Å². The van der Waals surface area contributed by atoms with Crippen molar-refractivity contribution in [3.63, 3.8) is 0 Å². The third-order valence-electron chi connectivity index (χ3n) is 6.86. The minimum atomic E-state index is -0.978. The van der Waals surface area contributed by atoms with Gasteiger partial charge in [-0.15, -0.1) is 0 Å². The minimum Gasteiger partial charge on any atom is -0.366 e. The maximum atomic E-state index is 14.2. The number of halogens is 3. The van der Waals surface area contributed by atoms with E-state index in [1.807, 2.05) is 19.9 Å². The van der Waals surface area contributed by atoms with E-state index in [1.54, 1.807) is 18.2 Å². The molecule has 0 fully saturated rings. The van der Waals surface area contributed by atoms with Gasteiger partial charge in [-0.25, -0.2) is 23.0 Å². The van der Waals surface area contributed by atoms with Crippen LogP contribution < -0.4 is 11.4 Å². The van der Waals surface area contributed by atoms with E-state index in [0.29, 0.717) is 28.2 Å². The predicted molar refractivity (Wildman–Crippen MR) is 152 cm³/mol. The van der Waals surface area contributed by atoms with E-state index in [1.165, 1.54) is 22.9 Å². The van der Waals surface area contributed by atoms with Gasteiger partial charge in [-0.3, -0.25) is 19.1 Å². The van der Waals surface area contributed by atoms with E-state index in [2.05, 4.69) is 15.0 Å². The van der Waals surface area contributed by atoms with Gasteiger partial charge in [0.2, 0.25) is 0 Å². The van der Waals surface area contributed by atoms with Crippen LogP contribution in [-0.2, 0) is 17.8 Å². The number of carbonyl (C=O) groups is 2. The molecule has 0 aliphatic carbocycles. The molecule has 5 rings (SSSR count). The number of carbonyl (C=O) groups excluding carboxylic acids is 2. The van der Waals surface area contributed by atoms with Gasteiger partial charge in [-0.2, -0.15) is 0 Å². The second-order valence-electron chi connectivity index (χ2n) is 9.84. The van der Waals surface area contributed by atoms with Crippen LogP contribution in [0.15, 0.2) is 76.6 Å². The van der Waals surface area contributed by atoms with Gasteiger partial charge < -0.3 is 10.7 Å². The molecule has 3 aromatic carbocycles. The number of H-pyrrole nitrogens is 1. The Balaban J connectivity index is 1.62. The van der Waals surface area contributed by atoms with Gasteiger partial charge in [0.25, 0.3) is 11.8 Å². The summed E-state index contributed by atoms with van der Waals surface area (Å²) in [5.41, 5.74) is 8.49. The fourth-order valence-electron chi connectivity index (χ4n) is 4.73. The summed E-state index contributed by atoms with van der Waals surface area (Å²) >= 11 is 0. The third kappa shape index (κ3) is 5.75. The average molecular weight is 572 g/mol. The van der Waals surface area contributed by atoms with Crippen LogP contribution in [0.3, 0.4) is 0 Å². The zero-order valence-corrected chi connectivity index (χ0v) is 22.5. The van der Waals surface area contributed by atoms with Crippen molar-refractivity contribution in [2.75, 3.05) is 0 Å². The van der Waals surface area contributed by atoms with Gasteiger partial charge >= 0.3 is 5.69 Å². The number of rotatable bonds is 7. The van der Waals surface area contributed by atoms with E-state index in [0.717, 1.165) is 29.3 Å². The fourth-order valence-corrected chi connectivity index (χ4v) is 4.73. The second kappa shape index (κ2) is 11.3. The van der Waals surface area contributed by atoms with Crippen LogP contribution >= 0.6 is 0 Å². The third-order valence-corrected chi connectivity index (χ3v) is 6.86. The Hall–Kier alpha value is -5.32. The number of nitrogens with one attached hydrogen (secondary N) is 1. The SMILES string of the molecule is Cc1cc2[nH]c(=O)n(CC(=O)N=C(Cc3cc(F)cc(F)c3)c3ncccc3-c3ccc(F)c(C(N)=O)c3)c2cc1C. The van der Waals surface area contributed by atoms with Crippen molar-refractivity contribution < 1.29 is 22.8 Å². The highest BCUT2D eigenvalue weighted by molar-refractivity contribution is 6.10. The first-order chi connectivity index (χ1) is 20.0. The predicted octanol–water partition coefficient (Wildman–Crippen LogP) is 4.78. The summed E-state index contributed by atoms with van der Waals surface area (Å²) in [6.45, 7) is 3.36. The number of nitrogens with two attached hydrogens (primary N) is 1. The van der Waals surface area contributed by atoms with Crippen molar-refractivity contribution in [3.8, 4) is 11.1 Å². The van der Waals surface area contributed by atoms with Gasteiger partial charge in [-0.1, -0.05) is 12.1 Å². The quantitative estimate of drug-likeness (QED) is 0.273. The van der Waals surface area contributed by atoms with Gasteiger partial charge in [0, 0.05) is 24.2 Å². The number of amides is 2. The van der Waals surface area contributed by atoms with Crippen molar-refractivity contribution in [1.29, 1.82) is 0 Å². The van der Waals surface area contributed by atoms with E-state index in [9.17, 15) is 27.6 Å². The van der Waals surface area contributed by atoms with Crippen molar-refractivity contribution in [2.24, 2.45) is 10.7 Å². The smallest absolute Gasteiger partial charge is 0.326 e. The number of aromatic amines is 1. The molecule has 0 aliphatic heterocycles. The molecule has 0 bridgehead atoms. The molecule has 2 heterocycles. The van der Waals surface area contributed by atoms with E-state index < -0.39 is 41.5 Å². The number of hydrogen-bond acceptors (Lipinski definition) is 4. The van der Waals surface area contributed by atoms with E-state index >= 15 is 0 Å². The standard InChI is InChI=1S/C31H24F3N5O3/c1-16-8-25-27(9-17(16)2)39(31(42)38-25)15-28(40)37-26(12-18-10-20(32)14-21(33)11-18)29-22(4-3-7-36-29)19-5-6-24(34)23(13-19)30(35)41/h3-11,13-14H,12,15H2,1-2H3,(H2,35,41)(H,38,42). The number of nitrogens with zero attached hydrogens (tertiary/aromatic N) is 3. The highest BCUT2D eigenvalue weighted by Crippen LogP contribution is 2.26. The molecule has 5 aromatic rings. The summed E-state index contributed by atoms with van der Waals surface area (Å²) < 4.78 is 43.6. The summed E-state index contributed by atoms with van der Waals surface area (Å²) in [6, 6.07) is 13.4. The zero-order valence-electron chi connectivity index (χ0n) is 22.5. The van der Waals surface area contributed by atoms with Crippen LogP contribution in [0.5, 0.6) is 0 Å².